The zero-order valence-electron chi connectivity index (χ0n) is 13.8. The lowest BCUT2D eigenvalue weighted by Gasteiger charge is -2.13. The number of nitrogens with two attached hydrogens (primary N) is 1. The van der Waals surface area contributed by atoms with Crippen LogP contribution in [-0.4, -0.2) is 29.2 Å². The van der Waals surface area contributed by atoms with Crippen molar-refractivity contribution in [2.45, 2.75) is 32.3 Å². The molecule has 0 fully saturated rings. The Bertz CT molecular complexity index is 864. The molecule has 0 aromatic carbocycles. The Hall–Kier alpha value is -1.75. The van der Waals surface area contributed by atoms with Crippen LogP contribution in [0.5, 0.6) is 0 Å². The highest BCUT2D eigenvalue weighted by Gasteiger charge is 2.30. The number of nitrogens with one attached hydrogen (secondary N) is 1. The molecule has 0 unspecified atom stereocenters. The number of ether oxygens (including phenoxy) is 1. The summed E-state index contributed by atoms with van der Waals surface area (Å²) in [7, 11) is 0. The summed E-state index contributed by atoms with van der Waals surface area (Å²) in [6.07, 6.45) is -2.73. The Kier molecular flexibility index (Phi) is 5.76. The van der Waals surface area contributed by atoms with Gasteiger partial charge in [-0.1, -0.05) is 6.07 Å². The number of thiophene rings is 2. The monoisotopic (exact) mass is 402 g/mol. The highest BCUT2D eigenvalue weighted by molar-refractivity contribution is 7.19. The average Bonchev–Trinajstić information content (AvgIpc) is 3.20. The number of hydrogen-bond donors (Lipinski definition) is 2. The third kappa shape index (κ3) is 4.70. The van der Waals surface area contributed by atoms with Crippen molar-refractivity contribution in [2.75, 3.05) is 11.9 Å². The number of hydrogen-bond acceptors (Lipinski definition) is 7. The molecule has 5 nitrogen and oxygen atoms in total. The van der Waals surface area contributed by atoms with Crippen molar-refractivity contribution in [3.05, 3.63) is 39.0 Å². The minimum Gasteiger partial charge on any atom is -0.378 e. The Morgan fingerprint density at radius 1 is 1.38 bits per heavy atom. The molecule has 0 aliphatic carbocycles. The van der Waals surface area contributed by atoms with Crippen molar-refractivity contribution < 1.29 is 17.9 Å². The molecule has 3 aromatic heterocycles. The van der Waals surface area contributed by atoms with E-state index in [0.29, 0.717) is 6.54 Å². The van der Waals surface area contributed by atoms with E-state index in [2.05, 4.69) is 20.3 Å². The maximum Gasteiger partial charge on any atom is 0.522 e. The second-order valence-electron chi connectivity index (χ2n) is 5.74. The summed E-state index contributed by atoms with van der Waals surface area (Å²) >= 11 is 3.13. The van der Waals surface area contributed by atoms with Gasteiger partial charge in [-0.2, -0.15) is 5.10 Å². The minimum absolute atomic E-state index is 0.285. The van der Waals surface area contributed by atoms with Crippen LogP contribution in [0.15, 0.2) is 23.7 Å². The van der Waals surface area contributed by atoms with Crippen LogP contribution in [0.1, 0.15) is 15.3 Å². The molecule has 3 heterocycles. The molecule has 3 aromatic rings. The van der Waals surface area contributed by atoms with Gasteiger partial charge in [0.1, 0.15) is 5.52 Å². The van der Waals surface area contributed by atoms with Gasteiger partial charge in [-0.05, 0) is 30.4 Å². The van der Waals surface area contributed by atoms with Crippen molar-refractivity contribution in [1.82, 2.24) is 10.2 Å². The number of aryl methyl sites for hydroxylation is 1. The van der Waals surface area contributed by atoms with Gasteiger partial charge in [-0.25, -0.2) is 0 Å². The summed E-state index contributed by atoms with van der Waals surface area (Å²) < 4.78 is 41.2. The number of alkyl halides is 3. The number of aromatic nitrogens is 2. The predicted octanol–water partition coefficient (Wildman–Crippen LogP) is 4.08. The molecule has 0 bridgehead atoms. The van der Waals surface area contributed by atoms with Crippen molar-refractivity contribution in [1.29, 1.82) is 0 Å². The van der Waals surface area contributed by atoms with Gasteiger partial charge in [0.25, 0.3) is 0 Å². The zero-order valence-corrected chi connectivity index (χ0v) is 15.5. The van der Waals surface area contributed by atoms with Crippen LogP contribution in [0.25, 0.3) is 10.2 Å². The molecule has 3 N–H and O–H groups in total. The Morgan fingerprint density at radius 3 is 2.88 bits per heavy atom. The lowest BCUT2D eigenvalue weighted by Crippen LogP contribution is -2.31. The molecule has 26 heavy (non-hydrogen) atoms. The molecule has 140 valence electrons. The van der Waals surface area contributed by atoms with Gasteiger partial charge in [-0.15, -0.1) is 40.9 Å². The molecular weight excluding hydrogens is 385 g/mol. The third-order valence-electron chi connectivity index (χ3n) is 3.74. The fourth-order valence-corrected chi connectivity index (χ4v) is 4.43. The van der Waals surface area contributed by atoms with E-state index in [-0.39, 0.29) is 6.42 Å². The molecule has 0 radical (unpaired) electrons. The second kappa shape index (κ2) is 7.87. The average molecular weight is 402 g/mol. The standard InChI is InChI=1S/C16H17F3N4OS2/c1-9-13(5-10(20)8-24-16(17,18)19)26-15-12(7-22-23-14(9)15)21-6-11-3-2-4-25-11/h2-4,7,10H,5-6,8,20H2,1H3,(H,21,23)/t10-/m1/s1. The first kappa shape index (κ1) is 19.0. The SMILES string of the molecule is Cc1c(C[C@@H](N)COC(F)(F)F)sc2c(NCc3cccs3)cnnc12. The molecule has 0 aliphatic rings. The van der Waals surface area contributed by atoms with E-state index in [0.717, 1.165) is 26.3 Å². The predicted molar refractivity (Wildman–Crippen MR) is 97.5 cm³/mol. The van der Waals surface area contributed by atoms with E-state index in [1.807, 2.05) is 24.4 Å². The van der Waals surface area contributed by atoms with Crippen LogP contribution in [0.2, 0.25) is 0 Å². The Morgan fingerprint density at radius 2 is 2.19 bits per heavy atom. The number of nitrogens with zero attached hydrogens (tertiary/aromatic N) is 2. The highest BCUT2D eigenvalue weighted by Crippen LogP contribution is 2.35. The lowest BCUT2D eigenvalue weighted by atomic mass is 10.1. The zero-order chi connectivity index (χ0) is 18.7. The molecular formula is C16H17F3N4OS2. The third-order valence-corrected chi connectivity index (χ3v) is 5.96. The van der Waals surface area contributed by atoms with Crippen molar-refractivity contribution >= 4 is 38.6 Å². The minimum atomic E-state index is -4.67. The molecule has 10 heteroatoms. The smallest absolute Gasteiger partial charge is 0.378 e. The quantitative estimate of drug-likeness (QED) is 0.623. The molecule has 1 atom stereocenters. The maximum atomic E-state index is 12.2. The van der Waals surface area contributed by atoms with E-state index >= 15 is 0 Å². The van der Waals surface area contributed by atoms with Crippen LogP contribution in [-0.2, 0) is 17.7 Å². The number of fused-ring (bicyclic) bond motifs is 1. The van der Waals surface area contributed by atoms with E-state index in [4.69, 9.17) is 5.73 Å². The summed E-state index contributed by atoms with van der Waals surface area (Å²) in [5.41, 5.74) is 8.28. The van der Waals surface area contributed by atoms with Crippen LogP contribution >= 0.6 is 22.7 Å². The summed E-state index contributed by atoms with van der Waals surface area (Å²) in [5.74, 6) is 0. The Labute approximate surface area is 156 Å². The lowest BCUT2D eigenvalue weighted by molar-refractivity contribution is -0.325. The van der Waals surface area contributed by atoms with E-state index in [1.165, 1.54) is 16.2 Å². The maximum absolute atomic E-state index is 12.2. The number of anilines is 1. The first-order chi connectivity index (χ1) is 12.3. The summed E-state index contributed by atoms with van der Waals surface area (Å²) in [6, 6.07) is 3.27. The van der Waals surface area contributed by atoms with Gasteiger partial charge in [0.2, 0.25) is 0 Å². The van der Waals surface area contributed by atoms with Crippen LogP contribution in [0.3, 0.4) is 0 Å². The Balaban J connectivity index is 1.75. The molecule has 0 amide bonds. The van der Waals surface area contributed by atoms with Gasteiger partial charge in [-0.3, -0.25) is 4.74 Å². The molecule has 3 rings (SSSR count). The number of halogens is 3. The summed E-state index contributed by atoms with van der Waals surface area (Å²) in [6.45, 7) is 1.97. The molecule has 0 saturated carbocycles. The normalized spacial score (nSPS) is 13.3. The van der Waals surface area contributed by atoms with Crippen molar-refractivity contribution in [3.63, 3.8) is 0 Å². The fraction of sp³-hybridized carbons (Fsp3) is 0.375. The van der Waals surface area contributed by atoms with Gasteiger partial charge in [0.05, 0.1) is 23.2 Å². The highest BCUT2D eigenvalue weighted by atomic mass is 32.1. The number of rotatable bonds is 7. The van der Waals surface area contributed by atoms with E-state index in [1.54, 1.807) is 17.5 Å². The van der Waals surface area contributed by atoms with Crippen LogP contribution in [0, 0.1) is 6.92 Å². The fourth-order valence-electron chi connectivity index (χ4n) is 2.47. The van der Waals surface area contributed by atoms with Crippen LogP contribution < -0.4 is 11.1 Å². The summed E-state index contributed by atoms with van der Waals surface area (Å²) in [4.78, 5) is 2.08. The van der Waals surface area contributed by atoms with Gasteiger partial charge >= 0.3 is 6.36 Å². The van der Waals surface area contributed by atoms with E-state index < -0.39 is 19.0 Å². The molecule has 0 saturated heterocycles. The summed E-state index contributed by atoms with van der Waals surface area (Å²) in [5, 5.41) is 13.5. The largest absolute Gasteiger partial charge is 0.522 e. The van der Waals surface area contributed by atoms with E-state index in [9.17, 15) is 13.2 Å². The molecule has 0 aliphatic heterocycles. The van der Waals surface area contributed by atoms with Crippen LogP contribution in [0.4, 0.5) is 18.9 Å². The van der Waals surface area contributed by atoms with Gasteiger partial charge in [0.15, 0.2) is 0 Å². The van der Waals surface area contributed by atoms with Crippen molar-refractivity contribution in [3.8, 4) is 0 Å². The first-order valence-electron chi connectivity index (χ1n) is 7.79. The first-order valence-corrected chi connectivity index (χ1v) is 9.49. The van der Waals surface area contributed by atoms with Gasteiger partial charge < -0.3 is 11.1 Å². The molecule has 0 spiro atoms. The second-order valence-corrected chi connectivity index (χ2v) is 7.88. The van der Waals surface area contributed by atoms with Crippen molar-refractivity contribution in [2.24, 2.45) is 5.73 Å². The van der Waals surface area contributed by atoms with Gasteiger partial charge in [0, 0.05) is 22.3 Å². The topological polar surface area (TPSA) is 73.1 Å².